The number of ether oxygens (including phenoxy) is 5. The Morgan fingerprint density at radius 1 is 1.09 bits per heavy atom. The first kappa shape index (κ1) is 22.9. The zero-order chi connectivity index (χ0) is 24.2. The molecule has 0 aliphatic carbocycles. The van der Waals surface area contributed by atoms with Crippen LogP contribution < -0.4 is 29.4 Å². The van der Waals surface area contributed by atoms with Crippen LogP contribution in [0.25, 0.3) is 11.3 Å². The molecule has 1 atom stereocenters. The number of hydrogen-bond acceptors (Lipinski definition) is 8. The van der Waals surface area contributed by atoms with Crippen LogP contribution in [0.1, 0.15) is 30.4 Å². The van der Waals surface area contributed by atoms with Gasteiger partial charge in [-0.3, -0.25) is 5.10 Å². The molecule has 34 heavy (non-hydrogen) atoms. The molecule has 1 aliphatic heterocycles. The number of nitrogens with zero attached hydrogens (tertiary/aromatic N) is 2. The fourth-order valence-corrected chi connectivity index (χ4v) is 4.06. The Morgan fingerprint density at radius 3 is 2.41 bits per heavy atom. The van der Waals surface area contributed by atoms with Crippen molar-refractivity contribution < 1.29 is 23.7 Å². The number of rotatable bonds is 8. The van der Waals surface area contributed by atoms with Crippen LogP contribution in [0.15, 0.2) is 47.9 Å². The van der Waals surface area contributed by atoms with Crippen molar-refractivity contribution in [2.24, 2.45) is 5.73 Å². The zero-order valence-corrected chi connectivity index (χ0v) is 19.5. The lowest BCUT2D eigenvalue weighted by Crippen LogP contribution is -2.21. The van der Waals surface area contributed by atoms with Crippen LogP contribution in [0.4, 0.5) is 0 Å². The van der Waals surface area contributed by atoms with Gasteiger partial charge in [-0.2, -0.15) is 5.26 Å². The van der Waals surface area contributed by atoms with Gasteiger partial charge in [0.2, 0.25) is 17.5 Å². The molecule has 1 aromatic heterocycles. The first-order valence-electron chi connectivity index (χ1n) is 10.8. The van der Waals surface area contributed by atoms with Crippen LogP contribution in [-0.4, -0.2) is 38.1 Å². The highest BCUT2D eigenvalue weighted by Crippen LogP contribution is 2.49. The van der Waals surface area contributed by atoms with E-state index in [1.54, 1.807) is 33.5 Å². The van der Waals surface area contributed by atoms with Gasteiger partial charge in [-0.25, -0.2) is 0 Å². The number of allylic oxidation sites excluding steroid dienone is 1. The van der Waals surface area contributed by atoms with Crippen LogP contribution >= 0.6 is 0 Å². The summed E-state index contributed by atoms with van der Waals surface area (Å²) in [6, 6.07) is 13.4. The van der Waals surface area contributed by atoms with Gasteiger partial charge in [0.15, 0.2) is 11.5 Å². The molecular formula is C25H26N4O5. The van der Waals surface area contributed by atoms with Gasteiger partial charge < -0.3 is 29.4 Å². The molecule has 0 saturated carbocycles. The molecule has 176 valence electrons. The minimum absolute atomic E-state index is 0.00763. The summed E-state index contributed by atoms with van der Waals surface area (Å²) < 4.78 is 28.2. The lowest BCUT2D eigenvalue weighted by molar-refractivity contribution is 0.312. The Morgan fingerprint density at radius 2 is 1.79 bits per heavy atom. The van der Waals surface area contributed by atoms with Gasteiger partial charge in [0.25, 0.3) is 0 Å². The monoisotopic (exact) mass is 462 g/mol. The van der Waals surface area contributed by atoms with Crippen molar-refractivity contribution in [3.05, 3.63) is 59.0 Å². The zero-order valence-electron chi connectivity index (χ0n) is 19.5. The van der Waals surface area contributed by atoms with Crippen molar-refractivity contribution in [1.82, 2.24) is 10.2 Å². The standard InChI is InChI=1S/C25H26N4O5/c1-5-10-33-17-9-7-6-8-15(17)20-16(13-26)24(27)34-25-21(20)22(28-29-25)14-11-18(30-2)23(32-4)19(12-14)31-3/h6-9,11-12,20H,5,10,27H2,1-4H3,(H,28,29). The minimum Gasteiger partial charge on any atom is -0.493 e. The van der Waals surface area contributed by atoms with Gasteiger partial charge >= 0.3 is 0 Å². The van der Waals surface area contributed by atoms with Crippen molar-refractivity contribution in [3.63, 3.8) is 0 Å². The summed E-state index contributed by atoms with van der Waals surface area (Å²) in [6.45, 7) is 2.58. The highest BCUT2D eigenvalue weighted by Gasteiger charge is 2.37. The number of aromatic nitrogens is 2. The number of fused-ring (bicyclic) bond motifs is 1. The van der Waals surface area contributed by atoms with Gasteiger partial charge in [0, 0.05) is 11.1 Å². The maximum atomic E-state index is 10.0. The van der Waals surface area contributed by atoms with E-state index in [0.29, 0.717) is 46.4 Å². The van der Waals surface area contributed by atoms with E-state index in [9.17, 15) is 5.26 Å². The molecule has 2 heterocycles. The van der Waals surface area contributed by atoms with E-state index in [1.807, 2.05) is 31.2 Å². The molecule has 0 saturated heterocycles. The van der Waals surface area contributed by atoms with E-state index >= 15 is 0 Å². The predicted molar refractivity (Wildman–Crippen MR) is 125 cm³/mol. The van der Waals surface area contributed by atoms with Crippen LogP contribution in [0.5, 0.6) is 28.9 Å². The molecule has 0 fully saturated rings. The fourth-order valence-electron chi connectivity index (χ4n) is 4.06. The van der Waals surface area contributed by atoms with Crippen LogP contribution in [0.2, 0.25) is 0 Å². The highest BCUT2D eigenvalue weighted by atomic mass is 16.5. The summed E-state index contributed by atoms with van der Waals surface area (Å²) >= 11 is 0. The van der Waals surface area contributed by atoms with E-state index in [0.717, 1.165) is 12.0 Å². The number of H-pyrrole nitrogens is 1. The maximum absolute atomic E-state index is 10.0. The second-order valence-electron chi connectivity index (χ2n) is 7.54. The fraction of sp³-hybridized carbons (Fsp3) is 0.280. The average Bonchev–Trinajstić information content (AvgIpc) is 3.29. The Kier molecular flexibility index (Phi) is 6.50. The Balaban J connectivity index is 1.95. The van der Waals surface area contributed by atoms with Crippen LogP contribution in [0.3, 0.4) is 0 Å². The molecule has 0 bridgehead atoms. The summed E-state index contributed by atoms with van der Waals surface area (Å²) in [6.07, 6.45) is 0.846. The summed E-state index contributed by atoms with van der Waals surface area (Å²) in [5, 5.41) is 17.4. The second-order valence-corrected chi connectivity index (χ2v) is 7.54. The number of hydrogen-bond donors (Lipinski definition) is 2. The largest absolute Gasteiger partial charge is 0.493 e. The Labute approximate surface area is 197 Å². The lowest BCUT2D eigenvalue weighted by Gasteiger charge is -2.26. The van der Waals surface area contributed by atoms with E-state index in [1.165, 1.54) is 0 Å². The van der Waals surface area contributed by atoms with E-state index < -0.39 is 5.92 Å². The second kappa shape index (κ2) is 9.67. The minimum atomic E-state index is -0.561. The van der Waals surface area contributed by atoms with Crippen molar-refractivity contribution in [3.8, 4) is 46.2 Å². The van der Waals surface area contributed by atoms with Crippen molar-refractivity contribution >= 4 is 0 Å². The SMILES string of the molecule is CCCOc1ccccc1C1C(C#N)=C(N)Oc2n[nH]c(-c3cc(OC)c(OC)c(OC)c3)c21. The number of nitriles is 1. The molecule has 1 unspecified atom stereocenters. The normalized spacial score (nSPS) is 14.6. The third-order valence-corrected chi connectivity index (χ3v) is 5.58. The summed E-state index contributed by atoms with van der Waals surface area (Å²) in [7, 11) is 4.64. The number of nitrogens with one attached hydrogen (secondary N) is 1. The van der Waals surface area contributed by atoms with Gasteiger partial charge in [-0.1, -0.05) is 25.1 Å². The molecule has 1 aliphatic rings. The predicted octanol–water partition coefficient (Wildman–Crippen LogP) is 4.11. The third-order valence-electron chi connectivity index (χ3n) is 5.58. The topological polar surface area (TPSA) is 125 Å². The molecule has 3 N–H and O–H groups in total. The van der Waals surface area contributed by atoms with Crippen LogP contribution in [0, 0.1) is 11.3 Å². The quantitative estimate of drug-likeness (QED) is 0.512. The molecule has 0 spiro atoms. The van der Waals surface area contributed by atoms with Gasteiger partial charge in [0.05, 0.1) is 45.1 Å². The number of para-hydroxylation sites is 1. The molecular weight excluding hydrogens is 436 g/mol. The lowest BCUT2D eigenvalue weighted by atomic mass is 9.82. The number of nitrogens with two attached hydrogens (primary N) is 1. The van der Waals surface area contributed by atoms with Crippen molar-refractivity contribution in [1.29, 1.82) is 5.26 Å². The van der Waals surface area contributed by atoms with Crippen molar-refractivity contribution in [2.45, 2.75) is 19.3 Å². The first-order valence-corrected chi connectivity index (χ1v) is 10.8. The molecule has 2 aromatic carbocycles. The van der Waals surface area contributed by atoms with E-state index in [-0.39, 0.29) is 17.3 Å². The summed E-state index contributed by atoms with van der Waals surface area (Å²) in [5.41, 5.74) is 9.20. The Hall–Kier alpha value is -4.32. The molecule has 0 amide bonds. The molecule has 9 nitrogen and oxygen atoms in total. The summed E-state index contributed by atoms with van der Waals surface area (Å²) in [4.78, 5) is 0. The average molecular weight is 463 g/mol. The molecule has 3 aromatic rings. The van der Waals surface area contributed by atoms with E-state index in [2.05, 4.69) is 16.3 Å². The van der Waals surface area contributed by atoms with Gasteiger partial charge in [0.1, 0.15) is 17.4 Å². The van der Waals surface area contributed by atoms with Crippen LogP contribution in [-0.2, 0) is 0 Å². The molecule has 0 radical (unpaired) electrons. The Bertz CT molecular complexity index is 1250. The number of methoxy groups -OCH3 is 3. The third kappa shape index (κ3) is 3.83. The summed E-state index contributed by atoms with van der Waals surface area (Å²) in [5.74, 6) is 1.83. The highest BCUT2D eigenvalue weighted by molar-refractivity contribution is 5.75. The number of benzene rings is 2. The van der Waals surface area contributed by atoms with Crippen molar-refractivity contribution in [2.75, 3.05) is 27.9 Å². The maximum Gasteiger partial charge on any atom is 0.244 e. The molecule has 9 heteroatoms. The smallest absolute Gasteiger partial charge is 0.244 e. The number of aromatic amines is 1. The first-order chi connectivity index (χ1) is 16.6. The van der Waals surface area contributed by atoms with Gasteiger partial charge in [-0.15, -0.1) is 5.10 Å². The van der Waals surface area contributed by atoms with Gasteiger partial charge in [-0.05, 0) is 24.6 Å². The van der Waals surface area contributed by atoms with E-state index in [4.69, 9.17) is 29.4 Å². The molecule has 4 rings (SSSR count).